The van der Waals surface area contributed by atoms with Crippen LogP contribution in [0.15, 0.2) is 28.8 Å². The molecule has 0 aliphatic carbocycles. The lowest BCUT2D eigenvalue weighted by molar-refractivity contribution is 0.0692. The third-order valence-corrected chi connectivity index (χ3v) is 2.56. The lowest BCUT2D eigenvalue weighted by Crippen LogP contribution is -2.05. The van der Waals surface area contributed by atoms with Crippen LogP contribution in [0.4, 0.5) is 0 Å². The Morgan fingerprint density at radius 3 is 2.84 bits per heavy atom. The monoisotopic (exact) mass is 263 g/mol. The fraction of sp³-hybridized carbons (Fsp3) is 0.231. The summed E-state index contributed by atoms with van der Waals surface area (Å²) >= 11 is 0. The van der Waals surface area contributed by atoms with Gasteiger partial charge in [-0.05, 0) is 19.1 Å². The number of aromatic nitrogens is 1. The number of aryl methyl sites for hydroxylation is 1. The van der Waals surface area contributed by atoms with Gasteiger partial charge in [0.15, 0.2) is 0 Å². The molecule has 100 valence electrons. The minimum Gasteiger partial charge on any atom is -0.497 e. The van der Waals surface area contributed by atoms with Crippen molar-refractivity contribution < 1.29 is 23.9 Å². The largest absolute Gasteiger partial charge is 0.497 e. The molecule has 2 aromatic rings. The van der Waals surface area contributed by atoms with Gasteiger partial charge in [-0.3, -0.25) is 0 Å². The summed E-state index contributed by atoms with van der Waals surface area (Å²) in [5.74, 6) is 0.406. The van der Waals surface area contributed by atoms with Gasteiger partial charge in [-0.15, -0.1) is 0 Å². The van der Waals surface area contributed by atoms with Crippen LogP contribution in [-0.2, 0) is 6.61 Å². The maximum absolute atomic E-state index is 11.0. The van der Waals surface area contributed by atoms with Gasteiger partial charge < -0.3 is 19.1 Å². The Bertz CT molecular complexity index is 590. The summed E-state index contributed by atoms with van der Waals surface area (Å²) in [6, 6.07) is 7.01. The minimum atomic E-state index is -1.08. The zero-order valence-corrected chi connectivity index (χ0v) is 10.5. The molecular formula is C13H13NO5. The van der Waals surface area contributed by atoms with Crippen LogP contribution >= 0.6 is 0 Å². The van der Waals surface area contributed by atoms with Gasteiger partial charge in [-0.2, -0.15) is 0 Å². The molecule has 0 saturated carbocycles. The summed E-state index contributed by atoms with van der Waals surface area (Å²) in [4.78, 5) is 11.0. The molecule has 1 heterocycles. The standard InChI is InChI=1S/C13H13NO5/c1-8-12(13(15)16)11(14-19-8)7-18-10-5-3-4-9(6-10)17-2/h3-6H,7H2,1-2H3,(H,15,16). The molecular weight excluding hydrogens is 250 g/mol. The summed E-state index contributed by atoms with van der Waals surface area (Å²) in [5.41, 5.74) is 0.302. The molecule has 0 unspecified atom stereocenters. The number of carboxylic acids is 1. The van der Waals surface area contributed by atoms with E-state index < -0.39 is 5.97 Å². The number of methoxy groups -OCH3 is 1. The van der Waals surface area contributed by atoms with E-state index in [1.807, 2.05) is 0 Å². The summed E-state index contributed by atoms with van der Waals surface area (Å²) in [7, 11) is 1.56. The van der Waals surface area contributed by atoms with Gasteiger partial charge in [0.25, 0.3) is 0 Å². The average molecular weight is 263 g/mol. The molecule has 1 N–H and O–H groups in total. The number of benzene rings is 1. The molecule has 6 nitrogen and oxygen atoms in total. The van der Waals surface area contributed by atoms with Crippen LogP contribution in [0.2, 0.25) is 0 Å². The van der Waals surface area contributed by atoms with E-state index in [0.717, 1.165) is 0 Å². The molecule has 0 saturated heterocycles. The first-order chi connectivity index (χ1) is 9.11. The van der Waals surface area contributed by atoms with E-state index in [9.17, 15) is 4.79 Å². The maximum atomic E-state index is 11.0. The Morgan fingerprint density at radius 1 is 1.42 bits per heavy atom. The van der Waals surface area contributed by atoms with Gasteiger partial charge in [-0.25, -0.2) is 4.79 Å². The Morgan fingerprint density at radius 2 is 2.16 bits per heavy atom. The number of carbonyl (C=O) groups is 1. The topological polar surface area (TPSA) is 81.8 Å². The third kappa shape index (κ3) is 2.85. The Kier molecular flexibility index (Phi) is 3.70. The number of ether oxygens (including phenoxy) is 2. The fourth-order valence-electron chi connectivity index (χ4n) is 1.63. The molecule has 0 fully saturated rings. The van der Waals surface area contributed by atoms with Crippen molar-refractivity contribution in [2.45, 2.75) is 13.5 Å². The Balaban J connectivity index is 2.12. The van der Waals surface area contributed by atoms with Crippen LogP contribution in [0.1, 0.15) is 21.8 Å². The summed E-state index contributed by atoms with van der Waals surface area (Å²) in [5, 5.41) is 12.7. The molecule has 2 rings (SSSR count). The van der Waals surface area contributed by atoms with Crippen LogP contribution in [0.3, 0.4) is 0 Å². The van der Waals surface area contributed by atoms with Crippen LogP contribution in [-0.4, -0.2) is 23.3 Å². The van der Waals surface area contributed by atoms with Gasteiger partial charge in [0, 0.05) is 6.07 Å². The van der Waals surface area contributed by atoms with E-state index in [1.165, 1.54) is 0 Å². The van der Waals surface area contributed by atoms with Crippen molar-refractivity contribution in [3.63, 3.8) is 0 Å². The highest BCUT2D eigenvalue weighted by molar-refractivity contribution is 5.89. The van der Waals surface area contributed by atoms with Crippen LogP contribution in [0.25, 0.3) is 0 Å². The molecule has 0 bridgehead atoms. The summed E-state index contributed by atoms with van der Waals surface area (Å²) in [6.45, 7) is 1.57. The predicted molar refractivity (Wildman–Crippen MR) is 65.5 cm³/mol. The van der Waals surface area contributed by atoms with Crippen molar-refractivity contribution in [3.05, 3.63) is 41.3 Å². The summed E-state index contributed by atoms with van der Waals surface area (Å²) in [6.07, 6.45) is 0. The lowest BCUT2D eigenvalue weighted by Gasteiger charge is -2.06. The number of carboxylic acid groups (broad SMARTS) is 1. The Hall–Kier alpha value is -2.50. The minimum absolute atomic E-state index is 0.0200. The van der Waals surface area contributed by atoms with E-state index in [-0.39, 0.29) is 23.6 Å². The van der Waals surface area contributed by atoms with Gasteiger partial charge in [0.05, 0.1) is 7.11 Å². The van der Waals surface area contributed by atoms with Crippen molar-refractivity contribution in [1.82, 2.24) is 5.16 Å². The molecule has 6 heteroatoms. The number of hydrogen-bond donors (Lipinski definition) is 1. The molecule has 1 aromatic carbocycles. The second-order valence-corrected chi connectivity index (χ2v) is 3.83. The first-order valence-electron chi connectivity index (χ1n) is 5.57. The van der Waals surface area contributed by atoms with Crippen LogP contribution in [0, 0.1) is 6.92 Å². The smallest absolute Gasteiger partial charge is 0.341 e. The highest BCUT2D eigenvalue weighted by Crippen LogP contribution is 2.21. The SMILES string of the molecule is COc1cccc(OCc2noc(C)c2C(=O)O)c1. The highest BCUT2D eigenvalue weighted by atomic mass is 16.5. The van der Waals surface area contributed by atoms with E-state index in [2.05, 4.69) is 5.16 Å². The van der Waals surface area contributed by atoms with E-state index >= 15 is 0 Å². The summed E-state index contributed by atoms with van der Waals surface area (Å²) < 4.78 is 15.4. The first-order valence-corrected chi connectivity index (χ1v) is 5.57. The zero-order chi connectivity index (χ0) is 13.8. The number of rotatable bonds is 5. The van der Waals surface area contributed by atoms with Crippen LogP contribution in [0.5, 0.6) is 11.5 Å². The van der Waals surface area contributed by atoms with Gasteiger partial charge in [0.1, 0.15) is 35.1 Å². The number of aromatic carboxylic acids is 1. The molecule has 0 aliphatic heterocycles. The Labute approximate surface area is 109 Å². The van der Waals surface area contributed by atoms with Crippen molar-refractivity contribution >= 4 is 5.97 Å². The molecule has 1 aromatic heterocycles. The van der Waals surface area contributed by atoms with Gasteiger partial charge >= 0.3 is 5.97 Å². The van der Waals surface area contributed by atoms with Crippen molar-refractivity contribution in [2.24, 2.45) is 0 Å². The normalized spacial score (nSPS) is 10.2. The fourth-order valence-corrected chi connectivity index (χ4v) is 1.63. The third-order valence-electron chi connectivity index (χ3n) is 2.56. The van der Waals surface area contributed by atoms with Crippen LogP contribution < -0.4 is 9.47 Å². The second kappa shape index (κ2) is 5.43. The molecule has 0 atom stereocenters. The molecule has 0 aliphatic rings. The molecule has 19 heavy (non-hydrogen) atoms. The van der Waals surface area contributed by atoms with Crippen molar-refractivity contribution in [3.8, 4) is 11.5 Å². The highest BCUT2D eigenvalue weighted by Gasteiger charge is 2.19. The number of nitrogens with zero attached hydrogens (tertiary/aromatic N) is 1. The van der Waals surface area contributed by atoms with Gasteiger partial charge in [0.2, 0.25) is 0 Å². The van der Waals surface area contributed by atoms with E-state index in [4.69, 9.17) is 19.1 Å². The van der Waals surface area contributed by atoms with E-state index in [0.29, 0.717) is 11.5 Å². The average Bonchev–Trinajstić information content (AvgIpc) is 2.78. The molecule has 0 radical (unpaired) electrons. The van der Waals surface area contributed by atoms with Gasteiger partial charge in [-0.1, -0.05) is 11.2 Å². The first kappa shape index (κ1) is 12.9. The molecule has 0 amide bonds. The second-order valence-electron chi connectivity index (χ2n) is 3.83. The quantitative estimate of drug-likeness (QED) is 0.891. The predicted octanol–water partition coefficient (Wildman–Crippen LogP) is 2.27. The number of hydrogen-bond acceptors (Lipinski definition) is 5. The zero-order valence-electron chi connectivity index (χ0n) is 10.5. The lowest BCUT2D eigenvalue weighted by atomic mass is 10.2. The maximum Gasteiger partial charge on any atom is 0.341 e. The van der Waals surface area contributed by atoms with E-state index in [1.54, 1.807) is 38.3 Å². The molecule has 0 spiro atoms. The van der Waals surface area contributed by atoms with Crippen molar-refractivity contribution in [1.29, 1.82) is 0 Å². The van der Waals surface area contributed by atoms with Crippen molar-refractivity contribution in [2.75, 3.05) is 7.11 Å².